The van der Waals surface area contributed by atoms with Gasteiger partial charge in [0.25, 0.3) is 0 Å². The molecular weight excluding hydrogens is 330 g/mol. The Hall–Kier alpha value is -2.65. The number of carboxylic acids is 1. The number of carboxylic acid groups (broad SMARTS) is 1. The normalized spacial score (nSPS) is 15.7. The van der Waals surface area contributed by atoms with Gasteiger partial charge in [0.2, 0.25) is 0 Å². The molecule has 5 heteroatoms. The summed E-state index contributed by atoms with van der Waals surface area (Å²) in [7, 11) is 0. The summed E-state index contributed by atoms with van der Waals surface area (Å²) >= 11 is 0. The minimum Gasteiger partial charge on any atom is -0.478 e. The lowest BCUT2D eigenvalue weighted by Gasteiger charge is -2.26. The van der Waals surface area contributed by atoms with Gasteiger partial charge in [0.05, 0.1) is 18.8 Å². The Morgan fingerprint density at radius 2 is 1.73 bits per heavy atom. The second kappa shape index (κ2) is 8.63. The van der Waals surface area contributed by atoms with Gasteiger partial charge >= 0.3 is 5.97 Å². The zero-order valence-corrected chi connectivity index (χ0v) is 14.4. The first-order valence-corrected chi connectivity index (χ1v) is 8.54. The first kappa shape index (κ1) is 18.2. The summed E-state index contributed by atoms with van der Waals surface area (Å²) in [4.78, 5) is 13.2. The van der Waals surface area contributed by atoms with Crippen LogP contribution in [0.3, 0.4) is 0 Å². The Morgan fingerprint density at radius 1 is 1.08 bits per heavy atom. The molecule has 1 saturated heterocycles. The van der Waals surface area contributed by atoms with Crippen LogP contribution in [0.4, 0.5) is 0 Å². The second-order valence-corrected chi connectivity index (χ2v) is 6.18. The number of ether oxygens (including phenoxy) is 1. The molecule has 0 saturated carbocycles. The van der Waals surface area contributed by atoms with Crippen molar-refractivity contribution >= 4 is 5.97 Å². The zero-order chi connectivity index (χ0) is 18.4. The van der Waals surface area contributed by atoms with E-state index in [1.54, 1.807) is 12.1 Å². The molecule has 1 unspecified atom stereocenters. The Morgan fingerprint density at radius 3 is 2.35 bits per heavy atom. The monoisotopic (exact) mass is 351 g/mol. The van der Waals surface area contributed by atoms with E-state index in [9.17, 15) is 9.90 Å². The summed E-state index contributed by atoms with van der Waals surface area (Å²) in [5.41, 5.74) is 2.82. The van der Waals surface area contributed by atoms with Gasteiger partial charge in [-0.25, -0.2) is 4.79 Å². The molecule has 134 valence electrons. The molecule has 1 atom stereocenters. The minimum atomic E-state index is -0.971. The number of morpholine rings is 1. The summed E-state index contributed by atoms with van der Waals surface area (Å²) in [6, 6.07) is 14.1. The van der Waals surface area contributed by atoms with Crippen LogP contribution in [0.15, 0.2) is 48.5 Å². The van der Waals surface area contributed by atoms with E-state index in [0.29, 0.717) is 5.56 Å². The summed E-state index contributed by atoms with van der Waals surface area (Å²) in [5, 5.41) is 19.1. The molecule has 0 bridgehead atoms. The summed E-state index contributed by atoms with van der Waals surface area (Å²) in [6.07, 6.45) is -0.883. The molecule has 2 aromatic rings. The fourth-order valence-corrected chi connectivity index (χ4v) is 2.75. The van der Waals surface area contributed by atoms with Gasteiger partial charge in [-0.2, -0.15) is 0 Å². The van der Waals surface area contributed by atoms with Gasteiger partial charge in [0, 0.05) is 25.2 Å². The number of aliphatic hydroxyl groups is 1. The van der Waals surface area contributed by atoms with Crippen LogP contribution >= 0.6 is 0 Å². The Balaban J connectivity index is 1.61. The van der Waals surface area contributed by atoms with Crippen molar-refractivity contribution in [1.82, 2.24) is 4.90 Å². The lowest BCUT2D eigenvalue weighted by atomic mass is 10.1. The van der Waals surface area contributed by atoms with Crippen molar-refractivity contribution in [3.63, 3.8) is 0 Å². The van der Waals surface area contributed by atoms with E-state index in [1.807, 2.05) is 24.3 Å². The largest absolute Gasteiger partial charge is 0.478 e. The molecular formula is C21H21NO4. The number of hydrogen-bond acceptors (Lipinski definition) is 4. The van der Waals surface area contributed by atoms with Gasteiger partial charge in [0.1, 0.15) is 6.10 Å². The van der Waals surface area contributed by atoms with Gasteiger partial charge in [-0.05, 0) is 35.4 Å². The van der Waals surface area contributed by atoms with Gasteiger partial charge in [-0.15, -0.1) is 0 Å². The molecule has 5 nitrogen and oxygen atoms in total. The Bertz CT molecular complexity index is 797. The molecule has 1 aliphatic heterocycles. The van der Waals surface area contributed by atoms with E-state index in [4.69, 9.17) is 9.84 Å². The van der Waals surface area contributed by atoms with Gasteiger partial charge in [0.15, 0.2) is 0 Å². The number of carbonyl (C=O) groups is 1. The van der Waals surface area contributed by atoms with E-state index in [-0.39, 0.29) is 5.56 Å². The number of rotatable bonds is 4. The highest BCUT2D eigenvalue weighted by Gasteiger charge is 2.11. The molecule has 0 aromatic heterocycles. The third kappa shape index (κ3) is 4.93. The van der Waals surface area contributed by atoms with Crippen LogP contribution in [0.5, 0.6) is 0 Å². The molecule has 0 amide bonds. The molecule has 0 spiro atoms. The maximum absolute atomic E-state index is 10.8. The van der Waals surface area contributed by atoms with Crippen LogP contribution in [-0.2, 0) is 11.3 Å². The van der Waals surface area contributed by atoms with Crippen LogP contribution in [0.25, 0.3) is 0 Å². The van der Waals surface area contributed by atoms with Crippen LogP contribution < -0.4 is 0 Å². The van der Waals surface area contributed by atoms with E-state index in [1.165, 1.54) is 17.7 Å². The SMILES string of the molecule is O=C(O)c1ccc(C#CC(O)c2ccc(CN3CCOCC3)cc2)cc1. The first-order valence-electron chi connectivity index (χ1n) is 8.54. The van der Waals surface area contributed by atoms with E-state index in [0.717, 1.165) is 38.4 Å². The van der Waals surface area contributed by atoms with Crippen LogP contribution in [-0.4, -0.2) is 47.4 Å². The molecule has 0 radical (unpaired) electrons. The fraction of sp³-hybridized carbons (Fsp3) is 0.286. The molecule has 2 aromatic carbocycles. The fourth-order valence-electron chi connectivity index (χ4n) is 2.75. The smallest absolute Gasteiger partial charge is 0.335 e. The minimum absolute atomic E-state index is 0.215. The zero-order valence-electron chi connectivity index (χ0n) is 14.4. The van der Waals surface area contributed by atoms with Crippen LogP contribution in [0, 0.1) is 11.8 Å². The number of benzene rings is 2. The van der Waals surface area contributed by atoms with Crippen molar-refractivity contribution in [1.29, 1.82) is 0 Å². The highest BCUT2D eigenvalue weighted by Crippen LogP contribution is 2.15. The van der Waals surface area contributed by atoms with E-state index in [2.05, 4.69) is 16.7 Å². The highest BCUT2D eigenvalue weighted by atomic mass is 16.5. The lowest BCUT2D eigenvalue weighted by Crippen LogP contribution is -2.35. The number of hydrogen-bond donors (Lipinski definition) is 2. The lowest BCUT2D eigenvalue weighted by molar-refractivity contribution is 0.0342. The van der Waals surface area contributed by atoms with Crippen molar-refractivity contribution in [2.45, 2.75) is 12.6 Å². The molecule has 3 rings (SSSR count). The van der Waals surface area contributed by atoms with Crippen molar-refractivity contribution in [3.8, 4) is 11.8 Å². The standard InChI is InChI=1S/C21H21NO4/c23-20(10-5-16-1-8-19(9-2-16)21(24)25)18-6-3-17(4-7-18)15-22-11-13-26-14-12-22/h1-4,6-9,20,23H,11-15H2,(H,24,25). The quantitative estimate of drug-likeness (QED) is 0.827. The molecule has 1 heterocycles. The van der Waals surface area contributed by atoms with Crippen molar-refractivity contribution in [2.75, 3.05) is 26.3 Å². The molecule has 2 N–H and O–H groups in total. The second-order valence-electron chi connectivity index (χ2n) is 6.18. The molecule has 0 aliphatic carbocycles. The van der Waals surface area contributed by atoms with Gasteiger partial charge < -0.3 is 14.9 Å². The topological polar surface area (TPSA) is 70.0 Å². The van der Waals surface area contributed by atoms with Crippen LogP contribution in [0.1, 0.15) is 33.2 Å². The van der Waals surface area contributed by atoms with Crippen molar-refractivity contribution in [3.05, 3.63) is 70.8 Å². The number of aliphatic hydroxyl groups excluding tert-OH is 1. The number of nitrogens with zero attached hydrogens (tertiary/aromatic N) is 1. The van der Waals surface area contributed by atoms with Gasteiger partial charge in [-0.3, -0.25) is 4.90 Å². The summed E-state index contributed by atoms with van der Waals surface area (Å²) in [6.45, 7) is 4.31. The van der Waals surface area contributed by atoms with Gasteiger partial charge in [-0.1, -0.05) is 36.1 Å². The highest BCUT2D eigenvalue weighted by molar-refractivity contribution is 5.87. The molecule has 1 aliphatic rings. The van der Waals surface area contributed by atoms with E-state index >= 15 is 0 Å². The maximum Gasteiger partial charge on any atom is 0.335 e. The van der Waals surface area contributed by atoms with Crippen molar-refractivity contribution < 1.29 is 19.7 Å². The molecule has 1 fully saturated rings. The number of aromatic carboxylic acids is 1. The summed E-state index contributed by atoms with van der Waals surface area (Å²) < 4.78 is 5.35. The van der Waals surface area contributed by atoms with E-state index < -0.39 is 12.1 Å². The third-order valence-electron chi connectivity index (χ3n) is 4.29. The maximum atomic E-state index is 10.8. The average molecular weight is 351 g/mol. The predicted octanol–water partition coefficient (Wildman–Crippen LogP) is 2.30. The Kier molecular flexibility index (Phi) is 6.03. The summed E-state index contributed by atoms with van der Waals surface area (Å²) in [5.74, 6) is 4.70. The third-order valence-corrected chi connectivity index (χ3v) is 4.29. The Labute approximate surface area is 152 Å². The molecule has 26 heavy (non-hydrogen) atoms. The van der Waals surface area contributed by atoms with Crippen molar-refractivity contribution in [2.24, 2.45) is 0 Å². The average Bonchev–Trinajstić information content (AvgIpc) is 2.68. The predicted molar refractivity (Wildman–Crippen MR) is 97.8 cm³/mol. The first-order chi connectivity index (χ1) is 12.6. The van der Waals surface area contributed by atoms with Crippen LogP contribution in [0.2, 0.25) is 0 Å².